The van der Waals surface area contributed by atoms with Gasteiger partial charge in [-0.1, -0.05) is 13.0 Å². The molecule has 0 aromatic carbocycles. The summed E-state index contributed by atoms with van der Waals surface area (Å²) >= 11 is 1.55. The molecule has 1 amide bonds. The van der Waals surface area contributed by atoms with Gasteiger partial charge in [0.2, 0.25) is 5.91 Å². The topological polar surface area (TPSA) is 58.1 Å². The molecule has 21 heavy (non-hydrogen) atoms. The molecule has 1 atom stereocenters. The molecule has 2 aromatic rings. The lowest BCUT2D eigenvalue weighted by Gasteiger charge is -2.22. The predicted molar refractivity (Wildman–Crippen MR) is 83.6 cm³/mol. The third-order valence-electron chi connectivity index (χ3n) is 3.64. The van der Waals surface area contributed by atoms with Crippen molar-refractivity contribution in [2.45, 2.75) is 32.2 Å². The van der Waals surface area contributed by atoms with E-state index in [2.05, 4.69) is 15.3 Å². The van der Waals surface area contributed by atoms with Gasteiger partial charge in [-0.2, -0.15) is 0 Å². The summed E-state index contributed by atoms with van der Waals surface area (Å²) in [6.07, 6.45) is 4.35. The van der Waals surface area contributed by atoms with Gasteiger partial charge in [0.05, 0.1) is 11.7 Å². The van der Waals surface area contributed by atoms with Crippen LogP contribution in [0.3, 0.4) is 0 Å². The molecule has 1 N–H and O–H groups in total. The molecule has 1 aliphatic rings. The van der Waals surface area contributed by atoms with Crippen LogP contribution in [-0.2, 0) is 4.79 Å². The van der Waals surface area contributed by atoms with Crippen LogP contribution in [0.25, 0.3) is 0 Å². The summed E-state index contributed by atoms with van der Waals surface area (Å²) in [5.41, 5.74) is 0.984. The van der Waals surface area contributed by atoms with Crippen molar-refractivity contribution in [2.75, 3.05) is 11.9 Å². The Kier molecular flexibility index (Phi) is 4.15. The first-order chi connectivity index (χ1) is 10.3. The van der Waals surface area contributed by atoms with E-state index in [1.807, 2.05) is 35.4 Å². The highest BCUT2D eigenvalue weighted by atomic mass is 32.1. The number of nitrogens with zero attached hydrogens (tertiary/aromatic N) is 3. The third kappa shape index (κ3) is 3.05. The monoisotopic (exact) mass is 302 g/mol. The molecule has 0 bridgehead atoms. The molecule has 0 unspecified atom stereocenters. The summed E-state index contributed by atoms with van der Waals surface area (Å²) < 4.78 is 0. The lowest BCUT2D eigenvalue weighted by Crippen LogP contribution is -2.29. The number of hydrogen-bond donors (Lipinski definition) is 1. The van der Waals surface area contributed by atoms with Crippen LogP contribution in [0.1, 0.15) is 37.9 Å². The van der Waals surface area contributed by atoms with Gasteiger partial charge in [0.15, 0.2) is 5.13 Å². The van der Waals surface area contributed by atoms with Gasteiger partial charge in [-0.05, 0) is 25.0 Å². The average Bonchev–Trinajstić information content (AvgIpc) is 3.16. The molecule has 1 fully saturated rings. The maximum Gasteiger partial charge on any atom is 0.222 e. The summed E-state index contributed by atoms with van der Waals surface area (Å²) in [5.74, 6) is 0.996. The van der Waals surface area contributed by atoms with E-state index in [0.717, 1.165) is 36.0 Å². The first-order valence-corrected chi connectivity index (χ1v) is 8.09. The van der Waals surface area contributed by atoms with Gasteiger partial charge < -0.3 is 10.2 Å². The van der Waals surface area contributed by atoms with Crippen LogP contribution in [-0.4, -0.2) is 27.3 Å². The standard InChI is InChI=1S/C15H18N4OS/c1-2-14(20)19-9-5-6-12(19)11-10-21-15(17-11)18-13-7-3-4-8-16-13/h3-4,7-8,10,12H,2,5-6,9H2,1H3,(H,16,17,18)/t12-/m0/s1. The number of likely N-dealkylation sites (tertiary alicyclic amines) is 1. The minimum Gasteiger partial charge on any atom is -0.334 e. The van der Waals surface area contributed by atoms with Crippen molar-refractivity contribution in [2.24, 2.45) is 0 Å². The van der Waals surface area contributed by atoms with E-state index in [-0.39, 0.29) is 11.9 Å². The molecular weight excluding hydrogens is 284 g/mol. The largest absolute Gasteiger partial charge is 0.334 e. The van der Waals surface area contributed by atoms with E-state index in [1.54, 1.807) is 17.5 Å². The molecule has 0 radical (unpaired) electrons. The van der Waals surface area contributed by atoms with Crippen LogP contribution in [0.4, 0.5) is 10.9 Å². The van der Waals surface area contributed by atoms with E-state index >= 15 is 0 Å². The fourth-order valence-electron chi connectivity index (χ4n) is 2.62. The zero-order chi connectivity index (χ0) is 14.7. The van der Waals surface area contributed by atoms with Crippen molar-refractivity contribution in [3.63, 3.8) is 0 Å². The third-order valence-corrected chi connectivity index (χ3v) is 4.41. The summed E-state index contributed by atoms with van der Waals surface area (Å²) in [6.45, 7) is 2.75. The molecule has 0 aliphatic carbocycles. The second kappa shape index (κ2) is 6.22. The summed E-state index contributed by atoms with van der Waals surface area (Å²) in [7, 11) is 0. The zero-order valence-corrected chi connectivity index (χ0v) is 12.8. The quantitative estimate of drug-likeness (QED) is 0.941. The van der Waals surface area contributed by atoms with Crippen molar-refractivity contribution in [3.05, 3.63) is 35.5 Å². The smallest absolute Gasteiger partial charge is 0.222 e. The van der Waals surface area contributed by atoms with E-state index in [0.29, 0.717) is 6.42 Å². The Hall–Kier alpha value is -1.95. The van der Waals surface area contributed by atoms with Gasteiger partial charge in [0.25, 0.3) is 0 Å². The number of pyridine rings is 1. The number of carbonyl (C=O) groups excluding carboxylic acids is 1. The van der Waals surface area contributed by atoms with Gasteiger partial charge in [-0.3, -0.25) is 4.79 Å². The van der Waals surface area contributed by atoms with E-state index in [9.17, 15) is 4.79 Å². The fourth-order valence-corrected chi connectivity index (χ4v) is 3.38. The first kappa shape index (κ1) is 14.0. The van der Waals surface area contributed by atoms with E-state index < -0.39 is 0 Å². The number of nitrogens with one attached hydrogen (secondary N) is 1. The molecular formula is C15H18N4OS. The van der Waals surface area contributed by atoms with Gasteiger partial charge in [-0.25, -0.2) is 9.97 Å². The number of rotatable bonds is 4. The number of thiazole rings is 1. The van der Waals surface area contributed by atoms with Gasteiger partial charge in [0, 0.05) is 24.5 Å². The van der Waals surface area contributed by atoms with Gasteiger partial charge in [-0.15, -0.1) is 11.3 Å². The molecule has 110 valence electrons. The molecule has 1 aliphatic heterocycles. The van der Waals surface area contributed by atoms with E-state index in [4.69, 9.17) is 0 Å². The van der Waals surface area contributed by atoms with Crippen LogP contribution in [0.2, 0.25) is 0 Å². The minimum absolute atomic E-state index is 0.132. The average molecular weight is 302 g/mol. The minimum atomic E-state index is 0.132. The summed E-state index contributed by atoms with van der Waals surface area (Å²) in [5, 5.41) is 6.06. The van der Waals surface area contributed by atoms with Crippen LogP contribution in [0.15, 0.2) is 29.8 Å². The number of hydrogen-bond acceptors (Lipinski definition) is 5. The SMILES string of the molecule is CCC(=O)N1CCC[C@H]1c1csc(Nc2ccccn2)n1. The van der Waals surface area contributed by atoms with Gasteiger partial charge >= 0.3 is 0 Å². The Labute approximate surface area is 128 Å². The lowest BCUT2D eigenvalue weighted by molar-refractivity contribution is -0.131. The van der Waals surface area contributed by atoms with Crippen LogP contribution < -0.4 is 5.32 Å². The molecule has 0 saturated carbocycles. The molecule has 5 nitrogen and oxygen atoms in total. The Morgan fingerprint density at radius 2 is 2.43 bits per heavy atom. The van der Waals surface area contributed by atoms with Crippen LogP contribution in [0.5, 0.6) is 0 Å². The molecule has 6 heteroatoms. The van der Waals surface area contributed by atoms with Crippen molar-refractivity contribution in [3.8, 4) is 0 Å². The Morgan fingerprint density at radius 3 is 3.19 bits per heavy atom. The Bertz CT molecular complexity index is 613. The molecule has 1 saturated heterocycles. The Balaban J connectivity index is 1.74. The Morgan fingerprint density at radius 1 is 1.52 bits per heavy atom. The maximum absolute atomic E-state index is 12.0. The fraction of sp³-hybridized carbons (Fsp3) is 0.400. The zero-order valence-electron chi connectivity index (χ0n) is 12.0. The molecule has 0 spiro atoms. The second-order valence-electron chi connectivity index (χ2n) is 5.02. The van der Waals surface area contributed by atoms with Crippen molar-refractivity contribution < 1.29 is 4.79 Å². The van der Waals surface area contributed by atoms with Crippen LogP contribution in [0, 0.1) is 0 Å². The van der Waals surface area contributed by atoms with Crippen LogP contribution >= 0.6 is 11.3 Å². The number of amides is 1. The van der Waals surface area contributed by atoms with Gasteiger partial charge in [0.1, 0.15) is 5.82 Å². The number of aromatic nitrogens is 2. The second-order valence-corrected chi connectivity index (χ2v) is 5.87. The number of carbonyl (C=O) groups is 1. The normalized spacial score (nSPS) is 18.0. The van der Waals surface area contributed by atoms with Crippen molar-refractivity contribution in [1.82, 2.24) is 14.9 Å². The summed E-state index contributed by atoms with van der Waals surface area (Å²) in [4.78, 5) is 22.8. The highest BCUT2D eigenvalue weighted by Crippen LogP contribution is 2.34. The molecule has 2 aromatic heterocycles. The number of anilines is 2. The maximum atomic E-state index is 12.0. The highest BCUT2D eigenvalue weighted by Gasteiger charge is 2.30. The first-order valence-electron chi connectivity index (χ1n) is 7.21. The predicted octanol–water partition coefficient (Wildman–Crippen LogP) is 3.36. The van der Waals surface area contributed by atoms with Crippen molar-refractivity contribution in [1.29, 1.82) is 0 Å². The lowest BCUT2D eigenvalue weighted by atomic mass is 10.1. The van der Waals surface area contributed by atoms with Crippen molar-refractivity contribution >= 4 is 28.2 Å². The highest BCUT2D eigenvalue weighted by molar-refractivity contribution is 7.13. The molecule has 3 heterocycles. The van der Waals surface area contributed by atoms with E-state index in [1.165, 1.54) is 0 Å². The molecule has 3 rings (SSSR count). The summed E-state index contributed by atoms with van der Waals surface area (Å²) in [6, 6.07) is 5.85.